The quantitative estimate of drug-likeness (QED) is 0.290. The molecule has 0 heterocycles. The summed E-state index contributed by atoms with van der Waals surface area (Å²) in [6.45, 7) is 0. The SMILES string of the molecule is O=C(O)C(=O)Nc1ccc(O)c(O)c1. The lowest BCUT2D eigenvalue weighted by Crippen LogP contribution is -2.21. The van der Waals surface area contributed by atoms with Crippen molar-refractivity contribution in [2.45, 2.75) is 0 Å². The highest BCUT2D eigenvalue weighted by Crippen LogP contribution is 2.27. The van der Waals surface area contributed by atoms with Crippen LogP contribution in [0.2, 0.25) is 0 Å². The molecule has 0 spiro atoms. The van der Waals surface area contributed by atoms with Crippen LogP contribution in [0.1, 0.15) is 0 Å². The first-order valence-electron chi connectivity index (χ1n) is 3.57. The fraction of sp³-hybridized carbons (Fsp3) is 0. The van der Waals surface area contributed by atoms with Crippen molar-refractivity contribution >= 4 is 17.6 Å². The molecule has 74 valence electrons. The van der Waals surface area contributed by atoms with Crippen molar-refractivity contribution in [3.63, 3.8) is 0 Å². The first-order chi connectivity index (χ1) is 6.50. The normalized spacial score (nSPS) is 9.43. The van der Waals surface area contributed by atoms with Crippen molar-refractivity contribution in [2.75, 3.05) is 5.32 Å². The molecule has 0 aliphatic rings. The van der Waals surface area contributed by atoms with Gasteiger partial charge in [0.05, 0.1) is 0 Å². The average Bonchev–Trinajstić information content (AvgIpc) is 2.11. The lowest BCUT2D eigenvalue weighted by atomic mass is 10.3. The van der Waals surface area contributed by atoms with Crippen LogP contribution in [-0.2, 0) is 9.59 Å². The molecule has 6 nitrogen and oxygen atoms in total. The second kappa shape index (κ2) is 3.65. The van der Waals surface area contributed by atoms with E-state index in [4.69, 9.17) is 15.3 Å². The van der Waals surface area contributed by atoms with Crippen molar-refractivity contribution < 1.29 is 24.9 Å². The van der Waals surface area contributed by atoms with Gasteiger partial charge in [-0.05, 0) is 12.1 Å². The monoisotopic (exact) mass is 197 g/mol. The smallest absolute Gasteiger partial charge is 0.394 e. The first kappa shape index (κ1) is 9.85. The molecule has 0 aromatic heterocycles. The molecular weight excluding hydrogens is 190 g/mol. The molecule has 0 bridgehead atoms. The third-order valence-electron chi connectivity index (χ3n) is 1.43. The van der Waals surface area contributed by atoms with Crippen LogP contribution >= 0.6 is 0 Å². The van der Waals surface area contributed by atoms with Gasteiger partial charge >= 0.3 is 11.9 Å². The fourth-order valence-corrected chi connectivity index (χ4v) is 0.786. The number of aliphatic carboxylic acids is 1. The van der Waals surface area contributed by atoms with E-state index >= 15 is 0 Å². The van der Waals surface area contributed by atoms with Crippen molar-refractivity contribution in [3.8, 4) is 11.5 Å². The van der Waals surface area contributed by atoms with Crippen LogP contribution in [0.15, 0.2) is 18.2 Å². The number of aromatic hydroxyl groups is 2. The van der Waals surface area contributed by atoms with E-state index in [1.54, 1.807) is 0 Å². The fourth-order valence-electron chi connectivity index (χ4n) is 0.786. The summed E-state index contributed by atoms with van der Waals surface area (Å²) in [5, 5.41) is 28.2. The number of rotatable bonds is 1. The summed E-state index contributed by atoms with van der Waals surface area (Å²) in [7, 11) is 0. The zero-order valence-electron chi connectivity index (χ0n) is 6.89. The number of carboxylic acids is 1. The van der Waals surface area contributed by atoms with Crippen LogP contribution in [0.5, 0.6) is 11.5 Å². The number of amides is 1. The summed E-state index contributed by atoms with van der Waals surface area (Å²) in [6.07, 6.45) is 0. The van der Waals surface area contributed by atoms with Gasteiger partial charge in [-0.25, -0.2) is 4.79 Å². The van der Waals surface area contributed by atoms with Crippen molar-refractivity contribution in [2.24, 2.45) is 0 Å². The number of hydrogen-bond donors (Lipinski definition) is 4. The zero-order valence-corrected chi connectivity index (χ0v) is 6.89. The second-order valence-electron chi connectivity index (χ2n) is 2.46. The van der Waals surface area contributed by atoms with Crippen molar-refractivity contribution in [1.82, 2.24) is 0 Å². The molecule has 0 saturated heterocycles. The van der Waals surface area contributed by atoms with E-state index in [1.165, 1.54) is 6.07 Å². The van der Waals surface area contributed by atoms with E-state index < -0.39 is 17.6 Å². The van der Waals surface area contributed by atoms with Gasteiger partial charge < -0.3 is 20.6 Å². The van der Waals surface area contributed by atoms with E-state index in [-0.39, 0.29) is 11.4 Å². The second-order valence-corrected chi connectivity index (χ2v) is 2.46. The number of benzene rings is 1. The maximum atomic E-state index is 10.7. The molecule has 14 heavy (non-hydrogen) atoms. The molecule has 0 unspecified atom stereocenters. The van der Waals surface area contributed by atoms with Gasteiger partial charge in [-0.2, -0.15) is 0 Å². The van der Waals surface area contributed by atoms with Crippen LogP contribution < -0.4 is 5.32 Å². The van der Waals surface area contributed by atoms with Gasteiger partial charge in [0, 0.05) is 11.8 Å². The highest BCUT2D eigenvalue weighted by molar-refractivity contribution is 6.36. The van der Waals surface area contributed by atoms with Gasteiger partial charge in [0.15, 0.2) is 11.5 Å². The number of carbonyl (C=O) groups is 2. The molecule has 0 atom stereocenters. The van der Waals surface area contributed by atoms with Gasteiger partial charge in [-0.3, -0.25) is 4.79 Å². The number of phenols is 2. The van der Waals surface area contributed by atoms with Gasteiger partial charge in [-0.15, -0.1) is 0 Å². The largest absolute Gasteiger partial charge is 0.504 e. The Hall–Kier alpha value is -2.24. The Labute approximate surface area is 78.4 Å². The zero-order chi connectivity index (χ0) is 10.7. The molecule has 6 heteroatoms. The molecule has 1 rings (SSSR count). The third kappa shape index (κ3) is 2.13. The van der Waals surface area contributed by atoms with Crippen LogP contribution in [0.4, 0.5) is 5.69 Å². The molecule has 1 aromatic carbocycles. The summed E-state index contributed by atoms with van der Waals surface area (Å²) in [4.78, 5) is 20.8. The minimum atomic E-state index is -1.63. The van der Waals surface area contributed by atoms with Crippen LogP contribution in [0, 0.1) is 0 Å². The molecule has 0 aliphatic heterocycles. The van der Waals surface area contributed by atoms with E-state index in [0.717, 1.165) is 12.1 Å². The Morgan fingerprint density at radius 1 is 1.14 bits per heavy atom. The van der Waals surface area contributed by atoms with Crippen LogP contribution in [-0.4, -0.2) is 27.2 Å². The molecular formula is C8H7NO5. The summed E-state index contributed by atoms with van der Waals surface area (Å²) in [5.74, 6) is -3.63. The van der Waals surface area contributed by atoms with Crippen LogP contribution in [0.25, 0.3) is 0 Å². The third-order valence-corrected chi connectivity index (χ3v) is 1.43. The maximum Gasteiger partial charge on any atom is 0.394 e. The summed E-state index contributed by atoms with van der Waals surface area (Å²) in [6, 6.07) is 3.43. The first-order valence-corrected chi connectivity index (χ1v) is 3.57. The Morgan fingerprint density at radius 2 is 1.79 bits per heavy atom. The topological polar surface area (TPSA) is 107 Å². The van der Waals surface area contributed by atoms with E-state index in [0.29, 0.717) is 0 Å². The summed E-state index contributed by atoms with van der Waals surface area (Å²) < 4.78 is 0. The number of anilines is 1. The molecule has 1 aromatic rings. The number of phenolic OH excluding ortho intramolecular Hbond substituents is 2. The van der Waals surface area contributed by atoms with Crippen molar-refractivity contribution in [3.05, 3.63) is 18.2 Å². The van der Waals surface area contributed by atoms with Gasteiger partial charge in [0.25, 0.3) is 0 Å². The Kier molecular flexibility index (Phi) is 2.57. The summed E-state index contributed by atoms with van der Waals surface area (Å²) >= 11 is 0. The molecule has 0 radical (unpaired) electrons. The molecule has 4 N–H and O–H groups in total. The predicted molar refractivity (Wildman–Crippen MR) is 46.0 cm³/mol. The average molecular weight is 197 g/mol. The Bertz CT molecular complexity index is 387. The number of nitrogens with one attached hydrogen (secondary N) is 1. The van der Waals surface area contributed by atoms with Gasteiger partial charge in [0.2, 0.25) is 0 Å². The molecule has 0 saturated carbocycles. The highest BCUT2D eigenvalue weighted by Gasteiger charge is 2.11. The van der Waals surface area contributed by atoms with Gasteiger partial charge in [-0.1, -0.05) is 0 Å². The Balaban J connectivity index is 2.83. The molecule has 0 fully saturated rings. The maximum absolute atomic E-state index is 10.7. The molecule has 0 aliphatic carbocycles. The highest BCUT2D eigenvalue weighted by atomic mass is 16.4. The molecule has 1 amide bonds. The lowest BCUT2D eigenvalue weighted by molar-refractivity contribution is -0.147. The van der Waals surface area contributed by atoms with E-state index in [2.05, 4.69) is 0 Å². The minimum absolute atomic E-state index is 0.0905. The predicted octanol–water partition coefficient (Wildman–Crippen LogP) is 0.121. The number of carboxylic acid groups (broad SMARTS) is 1. The number of carbonyl (C=O) groups excluding carboxylic acids is 1. The summed E-state index contributed by atoms with van der Waals surface area (Å²) in [5.41, 5.74) is 0.0905. The van der Waals surface area contributed by atoms with E-state index in [9.17, 15) is 9.59 Å². The van der Waals surface area contributed by atoms with Gasteiger partial charge in [0.1, 0.15) is 0 Å². The lowest BCUT2D eigenvalue weighted by Gasteiger charge is -2.03. The number of hydrogen-bond acceptors (Lipinski definition) is 4. The van der Waals surface area contributed by atoms with Crippen LogP contribution in [0.3, 0.4) is 0 Å². The standard InChI is InChI=1S/C8H7NO5/c10-5-2-1-4(3-6(5)11)9-7(12)8(13)14/h1-3,10-11H,(H,9,12)(H,13,14). The van der Waals surface area contributed by atoms with Crippen molar-refractivity contribution in [1.29, 1.82) is 0 Å². The minimum Gasteiger partial charge on any atom is -0.504 e. The van der Waals surface area contributed by atoms with E-state index in [1.807, 2.05) is 5.32 Å². The Morgan fingerprint density at radius 3 is 2.29 bits per heavy atom.